The Morgan fingerprint density at radius 3 is 2.21 bits per heavy atom. The van der Waals surface area contributed by atoms with Crippen LogP contribution < -0.4 is 15.1 Å². The number of hydrogen-bond donors (Lipinski definition) is 2. The first-order valence-corrected chi connectivity index (χ1v) is 7.06. The van der Waals surface area contributed by atoms with Crippen LogP contribution in [0, 0.1) is 6.92 Å². The van der Waals surface area contributed by atoms with Crippen molar-refractivity contribution in [1.82, 2.24) is 0 Å². The van der Waals surface area contributed by atoms with E-state index in [2.05, 4.69) is 0 Å². The maximum atomic E-state index is 11.6. The second-order valence-corrected chi connectivity index (χ2v) is 5.24. The van der Waals surface area contributed by atoms with Crippen molar-refractivity contribution in [3.63, 3.8) is 0 Å². The molecule has 8 heteroatoms. The summed E-state index contributed by atoms with van der Waals surface area (Å²) in [6.45, 7) is 4.33. The standard InChI is InChI=1S/C16H16O8/c1-7-4-13(17)24-12-6-10(22-8(2)15(18)19)5-11(14(7)12)23-9(3)16(20)21/h4-6,8-9H,1-3H3,(H,18,19)(H,20,21). The summed E-state index contributed by atoms with van der Waals surface area (Å²) in [5.74, 6) is -2.15. The van der Waals surface area contributed by atoms with Gasteiger partial charge in [-0.3, -0.25) is 0 Å². The predicted octanol–water partition coefficient (Wildman–Crippen LogP) is 1.81. The van der Waals surface area contributed by atoms with Crippen LogP contribution in [-0.2, 0) is 9.59 Å². The molecule has 24 heavy (non-hydrogen) atoms. The number of carbonyl (C=O) groups is 2. The first-order chi connectivity index (χ1) is 11.2. The second-order valence-electron chi connectivity index (χ2n) is 5.24. The fourth-order valence-corrected chi connectivity index (χ4v) is 2.08. The summed E-state index contributed by atoms with van der Waals surface area (Å²) in [4.78, 5) is 33.5. The van der Waals surface area contributed by atoms with Crippen LogP contribution in [0.5, 0.6) is 11.5 Å². The highest BCUT2D eigenvalue weighted by atomic mass is 16.5. The number of ether oxygens (including phenoxy) is 2. The van der Waals surface area contributed by atoms with Crippen molar-refractivity contribution in [3.05, 3.63) is 34.2 Å². The molecule has 0 fully saturated rings. The van der Waals surface area contributed by atoms with Crippen molar-refractivity contribution in [1.29, 1.82) is 0 Å². The van der Waals surface area contributed by atoms with Gasteiger partial charge in [-0.2, -0.15) is 0 Å². The Balaban J connectivity index is 2.60. The first kappa shape index (κ1) is 17.3. The zero-order chi connectivity index (χ0) is 18.0. The number of benzene rings is 1. The van der Waals surface area contributed by atoms with Crippen molar-refractivity contribution in [2.24, 2.45) is 0 Å². The Bertz CT molecular complexity index is 851. The molecule has 2 unspecified atom stereocenters. The van der Waals surface area contributed by atoms with Crippen molar-refractivity contribution >= 4 is 22.9 Å². The van der Waals surface area contributed by atoms with E-state index in [0.717, 1.165) is 0 Å². The third kappa shape index (κ3) is 3.65. The molecule has 0 bridgehead atoms. The molecule has 0 saturated carbocycles. The van der Waals surface area contributed by atoms with Crippen LogP contribution in [0.4, 0.5) is 0 Å². The summed E-state index contributed by atoms with van der Waals surface area (Å²) in [5, 5.41) is 18.3. The Morgan fingerprint density at radius 1 is 1.04 bits per heavy atom. The van der Waals surface area contributed by atoms with E-state index in [9.17, 15) is 14.4 Å². The maximum absolute atomic E-state index is 11.6. The van der Waals surface area contributed by atoms with Gasteiger partial charge < -0.3 is 24.1 Å². The third-order valence-corrected chi connectivity index (χ3v) is 3.29. The normalized spacial score (nSPS) is 13.3. The van der Waals surface area contributed by atoms with Crippen LogP contribution in [-0.4, -0.2) is 34.4 Å². The minimum Gasteiger partial charge on any atom is -0.479 e. The zero-order valence-electron chi connectivity index (χ0n) is 13.2. The smallest absolute Gasteiger partial charge is 0.344 e. The van der Waals surface area contributed by atoms with Crippen molar-refractivity contribution in [3.8, 4) is 11.5 Å². The average molecular weight is 336 g/mol. The molecule has 1 heterocycles. The lowest BCUT2D eigenvalue weighted by Crippen LogP contribution is -2.24. The van der Waals surface area contributed by atoms with Gasteiger partial charge >= 0.3 is 17.6 Å². The van der Waals surface area contributed by atoms with Gasteiger partial charge in [0, 0.05) is 18.2 Å². The maximum Gasteiger partial charge on any atom is 0.344 e. The lowest BCUT2D eigenvalue weighted by Gasteiger charge is -2.16. The molecule has 1 aromatic heterocycles. The van der Waals surface area contributed by atoms with Crippen LogP contribution in [0.25, 0.3) is 11.0 Å². The van der Waals surface area contributed by atoms with Gasteiger partial charge in [-0.05, 0) is 26.3 Å². The molecule has 0 aliphatic carbocycles. The van der Waals surface area contributed by atoms with Crippen LogP contribution in [0.2, 0.25) is 0 Å². The highest BCUT2D eigenvalue weighted by molar-refractivity contribution is 5.88. The summed E-state index contributed by atoms with van der Waals surface area (Å²) in [7, 11) is 0. The zero-order valence-corrected chi connectivity index (χ0v) is 13.2. The predicted molar refractivity (Wildman–Crippen MR) is 82.7 cm³/mol. The number of rotatable bonds is 6. The van der Waals surface area contributed by atoms with Crippen molar-refractivity contribution in [2.75, 3.05) is 0 Å². The topological polar surface area (TPSA) is 123 Å². The molecule has 128 valence electrons. The van der Waals surface area contributed by atoms with Crippen LogP contribution in [0.15, 0.2) is 27.4 Å². The SMILES string of the molecule is Cc1cc(=O)oc2cc(OC(C)C(=O)O)cc(OC(C)C(=O)O)c12. The van der Waals surface area contributed by atoms with Gasteiger partial charge in [0.15, 0.2) is 12.2 Å². The molecule has 0 aliphatic rings. The van der Waals surface area contributed by atoms with Gasteiger partial charge in [0.1, 0.15) is 17.1 Å². The molecule has 0 radical (unpaired) electrons. The fourth-order valence-electron chi connectivity index (χ4n) is 2.08. The summed E-state index contributed by atoms with van der Waals surface area (Å²) >= 11 is 0. The van der Waals surface area contributed by atoms with E-state index in [1.54, 1.807) is 6.92 Å². The molecule has 2 N–H and O–H groups in total. The molecule has 0 amide bonds. The molecule has 2 aromatic rings. The van der Waals surface area contributed by atoms with Crippen LogP contribution >= 0.6 is 0 Å². The highest BCUT2D eigenvalue weighted by Gasteiger charge is 2.20. The monoisotopic (exact) mass is 336 g/mol. The molecule has 1 aromatic carbocycles. The summed E-state index contributed by atoms with van der Waals surface area (Å²) < 4.78 is 15.8. The lowest BCUT2D eigenvalue weighted by molar-refractivity contribution is -0.144. The number of aryl methyl sites for hydroxylation is 1. The summed E-state index contributed by atoms with van der Waals surface area (Å²) in [6, 6.07) is 3.98. The quantitative estimate of drug-likeness (QED) is 0.765. The number of hydrogen-bond acceptors (Lipinski definition) is 6. The van der Waals surface area contributed by atoms with Gasteiger partial charge in [-0.1, -0.05) is 0 Å². The average Bonchev–Trinajstić information content (AvgIpc) is 2.45. The molecule has 0 saturated heterocycles. The van der Waals surface area contributed by atoms with Crippen molar-refractivity contribution in [2.45, 2.75) is 33.0 Å². The summed E-state index contributed by atoms with van der Waals surface area (Å²) in [5.41, 5.74) is 0.0509. The molecule has 0 aliphatic heterocycles. The molecule has 0 spiro atoms. The Kier molecular flexibility index (Phi) is 4.77. The Morgan fingerprint density at radius 2 is 1.62 bits per heavy atom. The molecule has 8 nitrogen and oxygen atoms in total. The Hall–Kier alpha value is -3.03. The second kappa shape index (κ2) is 6.61. The van der Waals surface area contributed by atoms with Gasteiger partial charge in [0.2, 0.25) is 0 Å². The largest absolute Gasteiger partial charge is 0.479 e. The van der Waals surface area contributed by atoms with Gasteiger partial charge in [0.25, 0.3) is 0 Å². The molecule has 2 atom stereocenters. The number of carboxylic acid groups (broad SMARTS) is 2. The van der Waals surface area contributed by atoms with E-state index >= 15 is 0 Å². The lowest BCUT2D eigenvalue weighted by atomic mass is 10.1. The molecule has 2 rings (SSSR count). The minimum atomic E-state index is -1.18. The fraction of sp³-hybridized carbons (Fsp3) is 0.312. The number of aliphatic carboxylic acids is 2. The van der Waals surface area contributed by atoms with E-state index in [4.69, 9.17) is 24.1 Å². The van der Waals surface area contributed by atoms with E-state index in [0.29, 0.717) is 10.9 Å². The van der Waals surface area contributed by atoms with Gasteiger partial charge in [-0.15, -0.1) is 0 Å². The minimum absolute atomic E-state index is 0.0822. The van der Waals surface area contributed by atoms with Crippen molar-refractivity contribution < 1.29 is 33.7 Å². The molecular weight excluding hydrogens is 320 g/mol. The van der Waals surface area contributed by atoms with Gasteiger partial charge in [-0.25, -0.2) is 14.4 Å². The van der Waals surface area contributed by atoms with Crippen LogP contribution in [0.3, 0.4) is 0 Å². The third-order valence-electron chi connectivity index (χ3n) is 3.29. The van der Waals surface area contributed by atoms with E-state index < -0.39 is 29.8 Å². The highest BCUT2D eigenvalue weighted by Crippen LogP contribution is 2.34. The number of carboxylic acids is 2. The Labute approximate surface area is 136 Å². The van der Waals surface area contributed by atoms with Crippen LogP contribution in [0.1, 0.15) is 19.4 Å². The summed E-state index contributed by atoms with van der Waals surface area (Å²) in [6.07, 6.45) is -2.31. The van der Waals surface area contributed by atoms with E-state index in [1.807, 2.05) is 0 Å². The van der Waals surface area contributed by atoms with Gasteiger partial charge in [0.05, 0.1) is 5.39 Å². The molecular formula is C16H16O8. The van der Waals surface area contributed by atoms with E-state index in [-0.39, 0.29) is 17.1 Å². The first-order valence-electron chi connectivity index (χ1n) is 7.06. The number of fused-ring (bicyclic) bond motifs is 1. The van der Waals surface area contributed by atoms with E-state index in [1.165, 1.54) is 32.0 Å².